The molecule has 3 N–H and O–H groups in total. The summed E-state index contributed by atoms with van der Waals surface area (Å²) < 4.78 is 5.67. The van der Waals surface area contributed by atoms with Crippen molar-refractivity contribution in [3.8, 4) is 5.75 Å². The van der Waals surface area contributed by atoms with Crippen molar-refractivity contribution in [2.45, 2.75) is 39.8 Å². The zero-order chi connectivity index (χ0) is 15.3. The van der Waals surface area contributed by atoms with Gasteiger partial charge in [-0.05, 0) is 36.6 Å². The van der Waals surface area contributed by atoms with E-state index in [1.807, 2.05) is 27.7 Å². The van der Waals surface area contributed by atoms with Crippen LogP contribution in [0.15, 0.2) is 24.3 Å². The Labute approximate surface area is 125 Å². The highest BCUT2D eigenvalue weighted by atomic mass is 35.5. The van der Waals surface area contributed by atoms with E-state index in [-0.39, 0.29) is 17.4 Å². The van der Waals surface area contributed by atoms with Gasteiger partial charge in [-0.1, -0.05) is 32.4 Å². The third-order valence-corrected chi connectivity index (χ3v) is 3.18. The Kier molecular flexibility index (Phi) is 5.84. The molecule has 1 aromatic rings. The average Bonchev–Trinajstić information content (AvgIpc) is 2.36. The van der Waals surface area contributed by atoms with Crippen LogP contribution in [0.4, 0.5) is 0 Å². The van der Waals surface area contributed by atoms with Crippen molar-refractivity contribution in [1.29, 1.82) is 0 Å². The number of carbonyl (C=O) groups excluding carboxylic acids is 1. The summed E-state index contributed by atoms with van der Waals surface area (Å²) in [6.07, 6.45) is -0.146. The monoisotopic (exact) mass is 298 g/mol. The molecule has 0 aliphatic carbocycles. The van der Waals surface area contributed by atoms with Crippen molar-refractivity contribution in [1.82, 2.24) is 5.32 Å². The smallest absolute Gasteiger partial charge is 0.237 e. The van der Waals surface area contributed by atoms with Gasteiger partial charge < -0.3 is 15.8 Å². The molecule has 112 valence electrons. The number of amides is 1. The van der Waals surface area contributed by atoms with Crippen LogP contribution < -0.4 is 15.8 Å². The van der Waals surface area contributed by atoms with Crippen LogP contribution in [0.5, 0.6) is 5.75 Å². The predicted octanol–water partition coefficient (Wildman–Crippen LogP) is 2.60. The fraction of sp³-hybridized carbons (Fsp3) is 0.533. The lowest BCUT2D eigenvalue weighted by atomic mass is 9.87. The minimum absolute atomic E-state index is 0.146. The number of hydrogen-bond acceptors (Lipinski definition) is 3. The van der Waals surface area contributed by atoms with Crippen molar-refractivity contribution >= 4 is 17.5 Å². The summed E-state index contributed by atoms with van der Waals surface area (Å²) in [4.78, 5) is 11.9. The zero-order valence-corrected chi connectivity index (χ0v) is 13.2. The number of hydrogen-bond donors (Lipinski definition) is 2. The quantitative estimate of drug-likeness (QED) is 0.878. The fourth-order valence-electron chi connectivity index (χ4n) is 1.53. The van der Waals surface area contributed by atoms with Crippen molar-refractivity contribution in [3.63, 3.8) is 0 Å². The van der Waals surface area contributed by atoms with Crippen molar-refractivity contribution in [2.24, 2.45) is 11.1 Å². The molecule has 1 rings (SSSR count). The second-order valence-electron chi connectivity index (χ2n) is 5.97. The molecular formula is C15H23ClN2O2. The van der Waals surface area contributed by atoms with Gasteiger partial charge in [0.2, 0.25) is 5.91 Å². The summed E-state index contributed by atoms with van der Waals surface area (Å²) in [5.74, 6) is 0.556. The predicted molar refractivity (Wildman–Crippen MR) is 82.0 cm³/mol. The van der Waals surface area contributed by atoms with E-state index in [1.54, 1.807) is 24.3 Å². The molecule has 20 heavy (non-hydrogen) atoms. The summed E-state index contributed by atoms with van der Waals surface area (Å²) in [7, 11) is 0. The van der Waals surface area contributed by atoms with Gasteiger partial charge in [0.25, 0.3) is 0 Å². The molecule has 0 radical (unpaired) electrons. The van der Waals surface area contributed by atoms with E-state index < -0.39 is 6.04 Å². The molecule has 1 unspecified atom stereocenters. The third kappa shape index (κ3) is 5.39. The molecule has 0 fully saturated rings. The van der Waals surface area contributed by atoms with Gasteiger partial charge in [-0.25, -0.2) is 0 Å². The second-order valence-corrected chi connectivity index (χ2v) is 6.41. The van der Waals surface area contributed by atoms with E-state index in [2.05, 4.69) is 5.32 Å². The normalized spacial score (nSPS) is 14.5. The molecular weight excluding hydrogens is 276 g/mol. The van der Waals surface area contributed by atoms with Gasteiger partial charge in [-0.15, -0.1) is 0 Å². The summed E-state index contributed by atoms with van der Waals surface area (Å²) >= 11 is 5.80. The first-order valence-electron chi connectivity index (χ1n) is 6.65. The third-order valence-electron chi connectivity index (χ3n) is 2.93. The molecule has 0 bridgehead atoms. The lowest BCUT2D eigenvalue weighted by Gasteiger charge is -2.26. The van der Waals surface area contributed by atoms with Gasteiger partial charge in [0.15, 0.2) is 0 Å². The zero-order valence-electron chi connectivity index (χ0n) is 12.4. The van der Waals surface area contributed by atoms with E-state index in [1.165, 1.54) is 0 Å². The van der Waals surface area contributed by atoms with Gasteiger partial charge in [0, 0.05) is 5.02 Å². The Morgan fingerprint density at radius 2 is 1.90 bits per heavy atom. The van der Waals surface area contributed by atoms with Crippen LogP contribution in [0.25, 0.3) is 0 Å². The maximum absolute atomic E-state index is 11.9. The van der Waals surface area contributed by atoms with Crippen LogP contribution in [0.2, 0.25) is 5.02 Å². The first-order valence-corrected chi connectivity index (χ1v) is 7.03. The molecule has 1 amide bonds. The van der Waals surface area contributed by atoms with Crippen LogP contribution in [0.3, 0.4) is 0 Å². The maximum Gasteiger partial charge on any atom is 0.237 e. The first kappa shape index (κ1) is 16.8. The highest BCUT2D eigenvalue weighted by Gasteiger charge is 2.27. The fourth-order valence-corrected chi connectivity index (χ4v) is 1.66. The number of halogens is 1. The van der Waals surface area contributed by atoms with E-state index >= 15 is 0 Å². The van der Waals surface area contributed by atoms with Crippen molar-refractivity contribution < 1.29 is 9.53 Å². The molecule has 0 spiro atoms. The number of nitrogens with two attached hydrogens (primary N) is 1. The topological polar surface area (TPSA) is 64.4 Å². The van der Waals surface area contributed by atoms with E-state index in [4.69, 9.17) is 22.1 Å². The largest absolute Gasteiger partial charge is 0.489 e. The Morgan fingerprint density at radius 3 is 2.40 bits per heavy atom. The molecule has 0 saturated heterocycles. The minimum Gasteiger partial charge on any atom is -0.489 e. The van der Waals surface area contributed by atoms with Gasteiger partial charge in [0.05, 0.1) is 12.6 Å². The highest BCUT2D eigenvalue weighted by molar-refractivity contribution is 6.30. The second kappa shape index (κ2) is 6.95. The number of carbonyl (C=O) groups is 1. The minimum atomic E-state index is -0.537. The standard InChI is InChI=1S/C15H23ClN2O2/c1-10(20-12-7-5-11(16)6-8-12)9-18-14(19)13(17)15(2,3)4/h5-8,10,13H,9,17H2,1-4H3,(H,18,19)/t10?,13-/m1/s1. The summed E-state index contributed by atoms with van der Waals surface area (Å²) in [5.41, 5.74) is 5.62. The van der Waals surface area contributed by atoms with Crippen LogP contribution in [0.1, 0.15) is 27.7 Å². The van der Waals surface area contributed by atoms with Gasteiger partial charge >= 0.3 is 0 Å². The molecule has 5 heteroatoms. The van der Waals surface area contributed by atoms with Gasteiger partial charge in [0.1, 0.15) is 11.9 Å². The highest BCUT2D eigenvalue weighted by Crippen LogP contribution is 2.18. The lowest BCUT2D eigenvalue weighted by Crippen LogP contribution is -2.50. The number of nitrogens with one attached hydrogen (secondary N) is 1. The first-order chi connectivity index (χ1) is 9.20. The summed E-state index contributed by atoms with van der Waals surface area (Å²) in [6.45, 7) is 8.10. The molecule has 0 aromatic heterocycles. The molecule has 0 aliphatic rings. The molecule has 0 saturated carbocycles. The summed E-state index contributed by atoms with van der Waals surface area (Å²) in [5, 5.41) is 3.47. The van der Waals surface area contributed by atoms with E-state index in [0.29, 0.717) is 11.6 Å². The molecule has 0 heterocycles. The Hall–Kier alpha value is -1.26. The van der Waals surface area contributed by atoms with Crippen LogP contribution in [-0.2, 0) is 4.79 Å². The van der Waals surface area contributed by atoms with E-state index in [0.717, 1.165) is 5.75 Å². The SMILES string of the molecule is CC(CNC(=O)[C@@H](N)C(C)(C)C)Oc1ccc(Cl)cc1. The van der Waals surface area contributed by atoms with Gasteiger partial charge in [-0.3, -0.25) is 4.79 Å². The van der Waals surface area contributed by atoms with E-state index in [9.17, 15) is 4.79 Å². The van der Waals surface area contributed by atoms with Crippen molar-refractivity contribution in [2.75, 3.05) is 6.54 Å². The van der Waals surface area contributed by atoms with Gasteiger partial charge in [-0.2, -0.15) is 0 Å². The lowest BCUT2D eigenvalue weighted by molar-refractivity contribution is -0.124. The molecule has 2 atom stereocenters. The van der Waals surface area contributed by atoms with Crippen LogP contribution in [-0.4, -0.2) is 24.6 Å². The summed E-state index contributed by atoms with van der Waals surface area (Å²) in [6, 6.07) is 6.57. The molecule has 1 aromatic carbocycles. The van der Waals surface area contributed by atoms with Crippen LogP contribution in [0, 0.1) is 5.41 Å². The Balaban J connectivity index is 2.42. The average molecular weight is 299 g/mol. The number of benzene rings is 1. The molecule has 0 aliphatic heterocycles. The van der Waals surface area contributed by atoms with Crippen molar-refractivity contribution in [3.05, 3.63) is 29.3 Å². The number of rotatable bonds is 5. The Bertz CT molecular complexity index is 440. The van der Waals surface area contributed by atoms with Crippen LogP contribution >= 0.6 is 11.6 Å². The maximum atomic E-state index is 11.9. The molecule has 4 nitrogen and oxygen atoms in total. The Morgan fingerprint density at radius 1 is 1.35 bits per heavy atom. The number of ether oxygens (including phenoxy) is 1.